The molecule has 1 fully saturated rings. The van der Waals surface area contributed by atoms with Crippen molar-refractivity contribution in [2.24, 2.45) is 5.92 Å². The predicted octanol–water partition coefficient (Wildman–Crippen LogP) is 4.24. The Morgan fingerprint density at radius 3 is 2.35 bits per heavy atom. The molecule has 2 rings (SSSR count). The summed E-state index contributed by atoms with van der Waals surface area (Å²) in [6, 6.07) is 4.73. The lowest BCUT2D eigenvalue weighted by Crippen LogP contribution is -2.39. The highest BCUT2D eigenvalue weighted by Crippen LogP contribution is 2.37. The Bertz CT molecular complexity index is 543. The van der Waals surface area contributed by atoms with E-state index >= 15 is 0 Å². The summed E-state index contributed by atoms with van der Waals surface area (Å²) in [5.74, 6) is -1.92. The number of nitriles is 1. The van der Waals surface area contributed by atoms with Gasteiger partial charge < -0.3 is 4.90 Å². The van der Waals surface area contributed by atoms with Gasteiger partial charge in [0.15, 0.2) is 5.82 Å². The van der Waals surface area contributed by atoms with E-state index in [0.717, 1.165) is 0 Å². The van der Waals surface area contributed by atoms with Crippen LogP contribution in [0.4, 0.5) is 23.2 Å². The fourth-order valence-electron chi connectivity index (χ4n) is 2.32. The third-order valence-electron chi connectivity index (χ3n) is 3.48. The number of nitrogens with zero attached hydrogens (tertiary/aromatic N) is 2. The molecule has 1 aliphatic rings. The molecule has 0 spiro atoms. The molecule has 1 saturated heterocycles. The molecular formula is C13H11BrF4N2. The van der Waals surface area contributed by atoms with Gasteiger partial charge in [-0.15, -0.1) is 0 Å². The van der Waals surface area contributed by atoms with Crippen LogP contribution in [0.5, 0.6) is 0 Å². The maximum Gasteiger partial charge on any atom is 0.391 e. The van der Waals surface area contributed by atoms with Crippen molar-refractivity contribution in [3.63, 3.8) is 0 Å². The second-order valence-corrected chi connectivity index (χ2v) is 5.47. The standard InChI is InChI=1S/C13H11BrF4N2/c14-11-8(7-19)1-2-10(12(11)15)20-5-3-9(4-6-20)13(16,17)18/h1-2,9H,3-6H2. The van der Waals surface area contributed by atoms with E-state index in [1.54, 1.807) is 4.90 Å². The Morgan fingerprint density at radius 1 is 1.25 bits per heavy atom. The summed E-state index contributed by atoms with van der Waals surface area (Å²) in [5.41, 5.74) is 0.396. The zero-order valence-corrected chi connectivity index (χ0v) is 11.9. The van der Waals surface area contributed by atoms with Gasteiger partial charge in [0.2, 0.25) is 0 Å². The van der Waals surface area contributed by atoms with Crippen LogP contribution >= 0.6 is 15.9 Å². The Hall–Kier alpha value is -1.29. The average Bonchev–Trinajstić information content (AvgIpc) is 2.41. The number of benzene rings is 1. The molecule has 2 nitrogen and oxygen atoms in total. The predicted molar refractivity (Wildman–Crippen MR) is 69.8 cm³/mol. The molecule has 20 heavy (non-hydrogen) atoms. The zero-order valence-electron chi connectivity index (χ0n) is 10.3. The van der Waals surface area contributed by atoms with Gasteiger partial charge in [-0.05, 0) is 40.9 Å². The van der Waals surface area contributed by atoms with Crippen LogP contribution < -0.4 is 4.90 Å². The van der Waals surface area contributed by atoms with Gasteiger partial charge >= 0.3 is 6.18 Å². The summed E-state index contributed by atoms with van der Waals surface area (Å²) < 4.78 is 51.9. The Balaban J connectivity index is 2.16. The highest BCUT2D eigenvalue weighted by molar-refractivity contribution is 9.10. The third kappa shape index (κ3) is 2.90. The lowest BCUT2D eigenvalue weighted by molar-refractivity contribution is -0.179. The van der Waals surface area contributed by atoms with Gasteiger partial charge in [0.05, 0.1) is 21.6 Å². The second-order valence-electron chi connectivity index (χ2n) is 4.67. The summed E-state index contributed by atoms with van der Waals surface area (Å²) >= 11 is 3.00. The van der Waals surface area contributed by atoms with Crippen molar-refractivity contribution in [3.05, 3.63) is 28.0 Å². The lowest BCUT2D eigenvalue weighted by Gasteiger charge is -2.34. The van der Waals surface area contributed by atoms with E-state index < -0.39 is 17.9 Å². The van der Waals surface area contributed by atoms with Gasteiger partial charge in [-0.1, -0.05) is 0 Å². The van der Waals surface area contributed by atoms with Gasteiger partial charge in [0.25, 0.3) is 0 Å². The number of anilines is 1. The summed E-state index contributed by atoms with van der Waals surface area (Å²) in [5, 5.41) is 8.78. The van der Waals surface area contributed by atoms with E-state index in [1.165, 1.54) is 12.1 Å². The Labute approximate surface area is 122 Å². The van der Waals surface area contributed by atoms with Crippen LogP contribution in [0.15, 0.2) is 16.6 Å². The molecule has 1 aliphatic heterocycles. The van der Waals surface area contributed by atoms with Crippen LogP contribution in [0.3, 0.4) is 0 Å². The lowest BCUT2D eigenvalue weighted by atomic mass is 9.96. The van der Waals surface area contributed by atoms with E-state index in [-0.39, 0.29) is 41.7 Å². The van der Waals surface area contributed by atoms with Crippen LogP contribution in [-0.2, 0) is 0 Å². The number of hydrogen-bond donors (Lipinski definition) is 0. The van der Waals surface area contributed by atoms with Crippen molar-refractivity contribution < 1.29 is 17.6 Å². The van der Waals surface area contributed by atoms with Gasteiger partial charge in [-0.3, -0.25) is 0 Å². The third-order valence-corrected chi connectivity index (χ3v) is 4.26. The first-order chi connectivity index (χ1) is 9.34. The minimum atomic E-state index is -4.18. The molecule has 1 aromatic rings. The first-order valence-corrected chi connectivity index (χ1v) is 6.83. The molecule has 0 aromatic heterocycles. The Kier molecular flexibility index (Phi) is 4.23. The molecule has 0 bridgehead atoms. The summed E-state index contributed by atoms with van der Waals surface area (Å²) in [6.07, 6.45) is -4.27. The largest absolute Gasteiger partial charge is 0.391 e. The summed E-state index contributed by atoms with van der Waals surface area (Å²) in [7, 11) is 0. The smallest absolute Gasteiger partial charge is 0.369 e. The molecule has 0 radical (unpaired) electrons. The Morgan fingerprint density at radius 2 is 1.85 bits per heavy atom. The number of hydrogen-bond acceptors (Lipinski definition) is 2. The van der Waals surface area contributed by atoms with E-state index in [0.29, 0.717) is 0 Å². The molecule has 0 amide bonds. The van der Waals surface area contributed by atoms with E-state index in [1.807, 2.05) is 6.07 Å². The van der Waals surface area contributed by atoms with Crippen molar-refractivity contribution in [1.82, 2.24) is 0 Å². The molecule has 0 atom stereocenters. The van der Waals surface area contributed by atoms with Crippen LogP contribution in [0.1, 0.15) is 18.4 Å². The fourth-order valence-corrected chi connectivity index (χ4v) is 2.74. The molecule has 0 aliphatic carbocycles. The maximum absolute atomic E-state index is 14.1. The van der Waals surface area contributed by atoms with E-state index in [9.17, 15) is 17.6 Å². The number of rotatable bonds is 1. The maximum atomic E-state index is 14.1. The molecule has 108 valence electrons. The molecule has 0 saturated carbocycles. The van der Waals surface area contributed by atoms with Crippen LogP contribution in [0, 0.1) is 23.1 Å². The summed E-state index contributed by atoms with van der Waals surface area (Å²) in [4.78, 5) is 1.59. The van der Waals surface area contributed by atoms with Crippen LogP contribution in [0.2, 0.25) is 0 Å². The topological polar surface area (TPSA) is 27.0 Å². The second kappa shape index (κ2) is 5.60. The van der Waals surface area contributed by atoms with Gasteiger partial charge in [-0.2, -0.15) is 18.4 Å². The number of halogens is 5. The fraction of sp³-hybridized carbons (Fsp3) is 0.462. The molecule has 1 aromatic carbocycles. The van der Waals surface area contributed by atoms with Crippen molar-refractivity contribution in [1.29, 1.82) is 5.26 Å². The summed E-state index contributed by atoms with van der Waals surface area (Å²) in [6.45, 7) is 0.304. The number of piperidine rings is 1. The minimum absolute atomic E-state index is 0.0411. The quantitative estimate of drug-likeness (QED) is 0.708. The van der Waals surface area contributed by atoms with E-state index in [2.05, 4.69) is 15.9 Å². The van der Waals surface area contributed by atoms with Crippen LogP contribution in [-0.4, -0.2) is 19.3 Å². The molecular weight excluding hydrogens is 340 g/mol. The van der Waals surface area contributed by atoms with Crippen molar-refractivity contribution in [2.45, 2.75) is 19.0 Å². The van der Waals surface area contributed by atoms with E-state index in [4.69, 9.17) is 5.26 Å². The van der Waals surface area contributed by atoms with Crippen molar-refractivity contribution in [2.75, 3.05) is 18.0 Å². The average molecular weight is 351 g/mol. The number of alkyl halides is 3. The van der Waals surface area contributed by atoms with Gasteiger partial charge in [0, 0.05) is 13.1 Å². The first-order valence-electron chi connectivity index (χ1n) is 6.04. The van der Waals surface area contributed by atoms with Gasteiger partial charge in [0.1, 0.15) is 6.07 Å². The zero-order chi connectivity index (χ0) is 14.9. The molecule has 1 heterocycles. The van der Waals surface area contributed by atoms with Crippen molar-refractivity contribution >= 4 is 21.6 Å². The minimum Gasteiger partial charge on any atom is -0.369 e. The van der Waals surface area contributed by atoms with Crippen molar-refractivity contribution in [3.8, 4) is 6.07 Å². The molecule has 0 N–H and O–H groups in total. The highest BCUT2D eigenvalue weighted by atomic mass is 79.9. The SMILES string of the molecule is N#Cc1ccc(N2CCC(C(F)(F)F)CC2)c(F)c1Br. The highest BCUT2D eigenvalue weighted by Gasteiger charge is 2.41. The molecule has 7 heteroatoms. The van der Waals surface area contributed by atoms with Gasteiger partial charge in [-0.25, -0.2) is 4.39 Å². The molecule has 0 unspecified atom stereocenters. The normalized spacial score (nSPS) is 17.1. The first kappa shape index (κ1) is 15.1. The monoisotopic (exact) mass is 350 g/mol. The van der Waals surface area contributed by atoms with Crippen LogP contribution in [0.25, 0.3) is 0 Å².